The number of hydrogen-bond acceptors (Lipinski definition) is 4. The SMILES string of the molecule is O=C(CCC(=O)c1ccc(F)cc1)C1=NC=CCC=N1. The highest BCUT2D eigenvalue weighted by Gasteiger charge is 2.14. The molecule has 4 nitrogen and oxygen atoms in total. The van der Waals surface area contributed by atoms with Crippen molar-refractivity contribution < 1.29 is 14.0 Å². The Labute approximate surface area is 115 Å². The van der Waals surface area contributed by atoms with Crippen molar-refractivity contribution in [2.24, 2.45) is 9.98 Å². The molecule has 0 N–H and O–H groups in total. The average molecular weight is 272 g/mol. The number of allylic oxidation sites excluding steroid dienone is 1. The van der Waals surface area contributed by atoms with Crippen molar-refractivity contribution in [2.75, 3.05) is 0 Å². The molecule has 0 bridgehead atoms. The summed E-state index contributed by atoms with van der Waals surface area (Å²) < 4.78 is 12.7. The average Bonchev–Trinajstić information content (AvgIpc) is 2.74. The van der Waals surface area contributed by atoms with E-state index in [0.29, 0.717) is 12.0 Å². The number of hydrogen-bond donors (Lipinski definition) is 0. The number of amidine groups is 1. The highest BCUT2D eigenvalue weighted by molar-refractivity contribution is 6.40. The third-order valence-corrected chi connectivity index (χ3v) is 2.75. The lowest BCUT2D eigenvalue weighted by molar-refractivity contribution is -0.113. The van der Waals surface area contributed by atoms with E-state index in [2.05, 4.69) is 9.98 Å². The van der Waals surface area contributed by atoms with Gasteiger partial charge in [-0.05, 0) is 24.3 Å². The van der Waals surface area contributed by atoms with Crippen LogP contribution >= 0.6 is 0 Å². The van der Waals surface area contributed by atoms with Gasteiger partial charge in [0.2, 0.25) is 0 Å². The summed E-state index contributed by atoms with van der Waals surface area (Å²) in [7, 11) is 0. The molecule has 0 atom stereocenters. The van der Waals surface area contributed by atoms with Crippen molar-refractivity contribution in [1.29, 1.82) is 0 Å². The number of benzene rings is 1. The summed E-state index contributed by atoms with van der Waals surface area (Å²) in [6, 6.07) is 5.26. The van der Waals surface area contributed by atoms with Crippen LogP contribution in [0.3, 0.4) is 0 Å². The molecule has 20 heavy (non-hydrogen) atoms. The molecule has 2 rings (SSSR count). The molecule has 1 aliphatic heterocycles. The number of aliphatic imine (C=N–C) groups is 2. The van der Waals surface area contributed by atoms with Crippen molar-refractivity contribution in [1.82, 2.24) is 0 Å². The van der Waals surface area contributed by atoms with Crippen LogP contribution in [0.25, 0.3) is 0 Å². The topological polar surface area (TPSA) is 58.9 Å². The van der Waals surface area contributed by atoms with Gasteiger partial charge in [-0.3, -0.25) is 9.59 Å². The minimum Gasteiger partial charge on any atom is -0.294 e. The van der Waals surface area contributed by atoms with Gasteiger partial charge < -0.3 is 0 Å². The summed E-state index contributed by atoms with van der Waals surface area (Å²) in [5.41, 5.74) is 0.394. The molecule has 1 aliphatic rings. The minimum atomic E-state index is -0.397. The van der Waals surface area contributed by atoms with Gasteiger partial charge in [0.25, 0.3) is 0 Å². The summed E-state index contributed by atoms with van der Waals surface area (Å²) in [5, 5.41) is 0. The Morgan fingerprint density at radius 2 is 1.80 bits per heavy atom. The smallest absolute Gasteiger partial charge is 0.200 e. The zero-order valence-corrected chi connectivity index (χ0v) is 10.8. The van der Waals surface area contributed by atoms with Crippen molar-refractivity contribution >= 4 is 23.6 Å². The van der Waals surface area contributed by atoms with Crippen LogP contribution in [-0.4, -0.2) is 23.6 Å². The molecular weight excluding hydrogens is 259 g/mol. The van der Waals surface area contributed by atoms with Gasteiger partial charge in [0.05, 0.1) is 0 Å². The molecule has 0 radical (unpaired) electrons. The predicted molar refractivity (Wildman–Crippen MR) is 74.7 cm³/mol. The molecule has 0 unspecified atom stereocenters. The minimum absolute atomic E-state index is 0.0419. The van der Waals surface area contributed by atoms with E-state index in [-0.39, 0.29) is 30.2 Å². The molecule has 1 heterocycles. The molecule has 0 spiro atoms. The van der Waals surface area contributed by atoms with Crippen molar-refractivity contribution in [2.45, 2.75) is 19.3 Å². The van der Waals surface area contributed by atoms with Gasteiger partial charge in [-0.25, -0.2) is 14.4 Å². The second-order valence-electron chi connectivity index (χ2n) is 4.24. The van der Waals surface area contributed by atoms with Gasteiger partial charge in [-0.2, -0.15) is 0 Å². The summed E-state index contributed by atoms with van der Waals surface area (Å²) in [5.74, 6) is -0.757. The molecular formula is C15H13FN2O2. The highest BCUT2D eigenvalue weighted by Crippen LogP contribution is 2.08. The maximum absolute atomic E-state index is 12.7. The van der Waals surface area contributed by atoms with E-state index in [0.717, 1.165) is 0 Å². The van der Waals surface area contributed by atoms with Crippen LogP contribution in [0.5, 0.6) is 0 Å². The number of rotatable bonds is 5. The number of carbonyl (C=O) groups excluding carboxylic acids is 2. The first-order valence-electron chi connectivity index (χ1n) is 6.24. The van der Waals surface area contributed by atoms with Crippen LogP contribution in [0.4, 0.5) is 4.39 Å². The number of Topliss-reactive ketones (excluding diaryl/α,β-unsaturated/α-hetero) is 2. The third-order valence-electron chi connectivity index (χ3n) is 2.75. The van der Waals surface area contributed by atoms with Gasteiger partial charge >= 0.3 is 0 Å². The van der Waals surface area contributed by atoms with Crippen LogP contribution in [0.15, 0.2) is 46.5 Å². The van der Waals surface area contributed by atoms with E-state index in [1.807, 2.05) is 0 Å². The van der Waals surface area contributed by atoms with E-state index >= 15 is 0 Å². The monoisotopic (exact) mass is 272 g/mol. The molecule has 0 saturated heterocycles. The number of carbonyl (C=O) groups is 2. The Kier molecular flexibility index (Phi) is 4.65. The van der Waals surface area contributed by atoms with E-state index in [9.17, 15) is 14.0 Å². The maximum atomic E-state index is 12.7. The first kappa shape index (κ1) is 14.0. The van der Waals surface area contributed by atoms with Gasteiger partial charge in [-0.15, -0.1) is 0 Å². The molecule has 1 aromatic rings. The summed E-state index contributed by atoms with van der Waals surface area (Å²) in [4.78, 5) is 31.5. The lowest BCUT2D eigenvalue weighted by Crippen LogP contribution is -2.13. The Morgan fingerprint density at radius 1 is 1.10 bits per heavy atom. The fourth-order valence-electron chi connectivity index (χ4n) is 1.68. The van der Waals surface area contributed by atoms with Crippen LogP contribution in [-0.2, 0) is 4.79 Å². The van der Waals surface area contributed by atoms with E-state index in [1.54, 1.807) is 12.3 Å². The molecule has 0 saturated carbocycles. The van der Waals surface area contributed by atoms with Crippen molar-refractivity contribution in [3.8, 4) is 0 Å². The van der Waals surface area contributed by atoms with Crippen LogP contribution < -0.4 is 0 Å². The summed E-state index contributed by atoms with van der Waals surface area (Å²) in [6.07, 6.45) is 5.65. The molecule has 0 aromatic heterocycles. The van der Waals surface area contributed by atoms with Gasteiger partial charge in [-0.1, -0.05) is 6.08 Å². The fraction of sp³-hybridized carbons (Fsp3) is 0.200. The van der Waals surface area contributed by atoms with Crippen LogP contribution in [0.2, 0.25) is 0 Å². The lowest BCUT2D eigenvalue weighted by Gasteiger charge is -2.01. The standard InChI is InChI=1S/C15H13FN2O2/c16-12-5-3-11(4-6-12)13(19)7-8-14(20)15-17-9-1-2-10-18-15/h1,3-6,9-10H,2,7-8H2. The Hall–Kier alpha value is -2.43. The second-order valence-corrected chi connectivity index (χ2v) is 4.24. The fourth-order valence-corrected chi connectivity index (χ4v) is 1.68. The Morgan fingerprint density at radius 3 is 2.55 bits per heavy atom. The molecule has 0 aliphatic carbocycles. The zero-order chi connectivity index (χ0) is 14.4. The van der Waals surface area contributed by atoms with E-state index in [4.69, 9.17) is 0 Å². The van der Waals surface area contributed by atoms with Crippen molar-refractivity contribution in [3.05, 3.63) is 47.9 Å². The van der Waals surface area contributed by atoms with Gasteiger partial charge in [0.15, 0.2) is 17.4 Å². The highest BCUT2D eigenvalue weighted by atomic mass is 19.1. The van der Waals surface area contributed by atoms with Crippen molar-refractivity contribution in [3.63, 3.8) is 0 Å². The maximum Gasteiger partial charge on any atom is 0.200 e. The number of halogens is 1. The van der Waals surface area contributed by atoms with Crippen LogP contribution in [0, 0.1) is 5.82 Å². The number of ketones is 2. The second kappa shape index (κ2) is 6.65. The molecule has 5 heteroatoms. The molecule has 102 valence electrons. The molecule has 1 aromatic carbocycles. The summed E-state index contributed by atoms with van der Waals surface area (Å²) >= 11 is 0. The largest absolute Gasteiger partial charge is 0.294 e. The summed E-state index contributed by atoms with van der Waals surface area (Å²) in [6.45, 7) is 0. The normalized spacial score (nSPS) is 13.8. The molecule has 0 fully saturated rings. The third kappa shape index (κ3) is 3.78. The predicted octanol–water partition coefficient (Wildman–Crippen LogP) is 2.74. The van der Waals surface area contributed by atoms with Gasteiger partial charge in [0.1, 0.15) is 5.82 Å². The Bertz CT molecular complexity index is 601. The quantitative estimate of drug-likeness (QED) is 0.774. The Balaban J connectivity index is 1.93. The number of nitrogens with zero attached hydrogens (tertiary/aromatic N) is 2. The van der Waals surface area contributed by atoms with E-state index in [1.165, 1.54) is 30.5 Å². The zero-order valence-electron chi connectivity index (χ0n) is 10.8. The van der Waals surface area contributed by atoms with Gasteiger partial charge in [0, 0.05) is 37.2 Å². The first-order chi connectivity index (χ1) is 9.66. The first-order valence-corrected chi connectivity index (χ1v) is 6.24. The van der Waals surface area contributed by atoms with E-state index < -0.39 is 5.82 Å². The lowest BCUT2D eigenvalue weighted by atomic mass is 10.0. The molecule has 0 amide bonds. The van der Waals surface area contributed by atoms with Crippen LogP contribution in [0.1, 0.15) is 29.6 Å².